The molecule has 3 nitrogen and oxygen atoms in total. The number of hydrogen-bond donors (Lipinski definition) is 1. The van der Waals surface area contributed by atoms with Crippen LogP contribution in [0.15, 0.2) is 12.1 Å². The normalized spacial score (nSPS) is 22.9. The molecule has 94 valence electrons. The zero-order valence-corrected chi connectivity index (χ0v) is 11.3. The monoisotopic (exact) mass is 273 g/mol. The summed E-state index contributed by atoms with van der Waals surface area (Å²) in [4.78, 5) is 14.8. The predicted molar refractivity (Wildman–Crippen MR) is 69.9 cm³/mol. The van der Waals surface area contributed by atoms with Crippen LogP contribution >= 0.6 is 22.9 Å². The van der Waals surface area contributed by atoms with Crippen LogP contribution in [0.3, 0.4) is 0 Å². The maximum atomic E-state index is 11.9. The van der Waals surface area contributed by atoms with Gasteiger partial charge in [0.2, 0.25) is 0 Å². The van der Waals surface area contributed by atoms with E-state index in [1.165, 1.54) is 11.3 Å². The van der Waals surface area contributed by atoms with Gasteiger partial charge in [-0.05, 0) is 37.9 Å². The van der Waals surface area contributed by atoms with Gasteiger partial charge in [0.1, 0.15) is 0 Å². The molecule has 5 heteroatoms. The van der Waals surface area contributed by atoms with E-state index < -0.39 is 0 Å². The van der Waals surface area contributed by atoms with Crippen molar-refractivity contribution in [3.05, 3.63) is 21.3 Å². The lowest BCUT2D eigenvalue weighted by molar-refractivity contribution is 0.0929. The van der Waals surface area contributed by atoms with Crippen LogP contribution < -0.4 is 0 Å². The molecule has 0 aromatic carbocycles. The molecule has 0 aliphatic carbocycles. The smallest absolute Gasteiger partial charge is 0.186 e. The summed E-state index contributed by atoms with van der Waals surface area (Å²) >= 11 is 7.13. The lowest BCUT2D eigenvalue weighted by Gasteiger charge is -2.16. The fourth-order valence-electron chi connectivity index (χ4n) is 2.15. The van der Waals surface area contributed by atoms with Crippen molar-refractivity contribution in [2.24, 2.45) is 5.92 Å². The van der Waals surface area contributed by atoms with Crippen molar-refractivity contribution in [2.75, 3.05) is 19.6 Å². The Kier molecular flexibility index (Phi) is 4.20. The van der Waals surface area contributed by atoms with E-state index in [9.17, 15) is 9.90 Å². The van der Waals surface area contributed by atoms with Crippen LogP contribution in [0.2, 0.25) is 4.34 Å². The standard InChI is InChI=1S/C12H16ClNO2S/c1-8(15)9-4-5-14(6-9)7-10(16)11-2-3-12(13)17-11/h2-3,8-9,15H,4-7H2,1H3. The van der Waals surface area contributed by atoms with Crippen LogP contribution in [0.4, 0.5) is 0 Å². The van der Waals surface area contributed by atoms with Crippen LogP contribution in [0.1, 0.15) is 23.0 Å². The van der Waals surface area contributed by atoms with Crippen molar-refractivity contribution in [2.45, 2.75) is 19.4 Å². The van der Waals surface area contributed by atoms with Crippen LogP contribution in [0.25, 0.3) is 0 Å². The molecular formula is C12H16ClNO2S. The number of nitrogens with zero attached hydrogens (tertiary/aromatic N) is 1. The van der Waals surface area contributed by atoms with Crippen molar-refractivity contribution in [3.8, 4) is 0 Å². The van der Waals surface area contributed by atoms with Crippen molar-refractivity contribution < 1.29 is 9.90 Å². The Morgan fingerprint density at radius 2 is 2.47 bits per heavy atom. The zero-order valence-electron chi connectivity index (χ0n) is 9.73. The average molecular weight is 274 g/mol. The van der Waals surface area contributed by atoms with E-state index in [-0.39, 0.29) is 11.9 Å². The van der Waals surface area contributed by atoms with Gasteiger partial charge >= 0.3 is 0 Å². The minimum atomic E-state index is -0.286. The second-order valence-corrected chi connectivity index (χ2v) is 6.27. The van der Waals surface area contributed by atoms with Crippen molar-refractivity contribution in [3.63, 3.8) is 0 Å². The van der Waals surface area contributed by atoms with Gasteiger partial charge < -0.3 is 5.11 Å². The number of Topliss-reactive ketones (excluding diaryl/α,β-unsaturated/α-hetero) is 1. The quantitative estimate of drug-likeness (QED) is 0.856. The first-order valence-corrected chi connectivity index (χ1v) is 6.94. The molecule has 1 aliphatic rings. The second-order valence-electron chi connectivity index (χ2n) is 4.55. The summed E-state index contributed by atoms with van der Waals surface area (Å²) in [7, 11) is 0. The number of carbonyl (C=O) groups excluding carboxylic acids is 1. The molecule has 0 saturated carbocycles. The lowest BCUT2D eigenvalue weighted by atomic mass is 10.0. The number of thiophene rings is 1. The lowest BCUT2D eigenvalue weighted by Crippen LogP contribution is -2.29. The van der Waals surface area contributed by atoms with Crippen LogP contribution in [0, 0.1) is 5.92 Å². The Balaban J connectivity index is 1.88. The number of ketones is 1. The fraction of sp³-hybridized carbons (Fsp3) is 0.583. The van der Waals surface area contributed by atoms with E-state index in [4.69, 9.17) is 11.6 Å². The summed E-state index contributed by atoms with van der Waals surface area (Å²) < 4.78 is 0.650. The summed E-state index contributed by atoms with van der Waals surface area (Å²) in [5.41, 5.74) is 0. The molecule has 0 bridgehead atoms. The number of carbonyl (C=O) groups is 1. The Hall–Kier alpha value is -0.420. The first-order chi connectivity index (χ1) is 8.06. The van der Waals surface area contributed by atoms with E-state index in [0.717, 1.165) is 24.4 Å². The van der Waals surface area contributed by atoms with Gasteiger partial charge in [-0.3, -0.25) is 9.69 Å². The van der Waals surface area contributed by atoms with E-state index >= 15 is 0 Å². The first kappa shape index (κ1) is 13.0. The SMILES string of the molecule is CC(O)C1CCN(CC(=O)c2ccc(Cl)s2)C1. The number of halogens is 1. The topological polar surface area (TPSA) is 40.5 Å². The zero-order chi connectivity index (χ0) is 12.4. The summed E-state index contributed by atoms with van der Waals surface area (Å²) in [5, 5.41) is 9.50. The third-order valence-electron chi connectivity index (χ3n) is 3.21. The summed E-state index contributed by atoms with van der Waals surface area (Å²) in [6.07, 6.45) is 0.683. The van der Waals surface area contributed by atoms with Crippen LogP contribution in [-0.4, -0.2) is 41.5 Å². The van der Waals surface area contributed by atoms with Crippen molar-refractivity contribution in [1.82, 2.24) is 4.90 Å². The predicted octanol–water partition coefficient (Wildman–Crippen LogP) is 2.29. The molecule has 1 N–H and O–H groups in total. The molecule has 0 radical (unpaired) electrons. The average Bonchev–Trinajstić information content (AvgIpc) is 2.86. The van der Waals surface area contributed by atoms with Gasteiger partial charge in [-0.1, -0.05) is 11.6 Å². The molecule has 2 rings (SSSR count). The van der Waals surface area contributed by atoms with Crippen LogP contribution in [-0.2, 0) is 0 Å². The van der Waals surface area contributed by atoms with Gasteiger partial charge in [0, 0.05) is 6.54 Å². The first-order valence-electron chi connectivity index (χ1n) is 5.75. The van der Waals surface area contributed by atoms with E-state index in [1.807, 2.05) is 6.92 Å². The molecule has 0 amide bonds. The minimum Gasteiger partial charge on any atom is -0.393 e. The highest BCUT2D eigenvalue weighted by Gasteiger charge is 2.27. The van der Waals surface area contributed by atoms with Gasteiger partial charge in [-0.25, -0.2) is 0 Å². The largest absolute Gasteiger partial charge is 0.393 e. The number of likely N-dealkylation sites (tertiary alicyclic amines) is 1. The van der Waals surface area contributed by atoms with Gasteiger partial charge in [0.25, 0.3) is 0 Å². The Labute approximate surface area is 110 Å². The molecule has 1 aliphatic heterocycles. The van der Waals surface area contributed by atoms with Gasteiger partial charge in [-0.15, -0.1) is 11.3 Å². The highest BCUT2D eigenvalue weighted by Crippen LogP contribution is 2.24. The van der Waals surface area contributed by atoms with Crippen molar-refractivity contribution in [1.29, 1.82) is 0 Å². The summed E-state index contributed by atoms with van der Waals surface area (Å²) in [5.74, 6) is 0.419. The van der Waals surface area contributed by atoms with Gasteiger partial charge in [0.05, 0.1) is 21.9 Å². The molecular weight excluding hydrogens is 258 g/mol. The molecule has 2 unspecified atom stereocenters. The number of hydrogen-bond acceptors (Lipinski definition) is 4. The molecule has 0 spiro atoms. The maximum absolute atomic E-state index is 11.9. The third-order valence-corrected chi connectivity index (χ3v) is 4.48. The maximum Gasteiger partial charge on any atom is 0.186 e. The van der Waals surface area contributed by atoms with E-state index in [1.54, 1.807) is 12.1 Å². The molecule has 2 heterocycles. The van der Waals surface area contributed by atoms with Crippen LogP contribution in [0.5, 0.6) is 0 Å². The summed E-state index contributed by atoms with van der Waals surface area (Å²) in [6.45, 7) is 3.94. The molecule has 1 aromatic rings. The molecule has 1 aromatic heterocycles. The molecule has 1 saturated heterocycles. The Morgan fingerprint density at radius 1 is 1.71 bits per heavy atom. The van der Waals surface area contributed by atoms with Crippen molar-refractivity contribution >= 4 is 28.7 Å². The third kappa shape index (κ3) is 3.28. The minimum absolute atomic E-state index is 0.119. The number of aliphatic hydroxyl groups excluding tert-OH is 1. The second kappa shape index (κ2) is 5.48. The molecule has 1 fully saturated rings. The molecule has 2 atom stereocenters. The fourth-order valence-corrected chi connectivity index (χ4v) is 3.12. The van der Waals surface area contributed by atoms with Gasteiger partial charge in [0.15, 0.2) is 5.78 Å². The van der Waals surface area contributed by atoms with Gasteiger partial charge in [-0.2, -0.15) is 0 Å². The highest BCUT2D eigenvalue weighted by molar-refractivity contribution is 7.18. The Bertz CT molecular complexity index is 405. The molecule has 17 heavy (non-hydrogen) atoms. The number of rotatable bonds is 4. The van der Waals surface area contributed by atoms with E-state index in [2.05, 4.69) is 4.90 Å². The Morgan fingerprint density at radius 3 is 3.00 bits per heavy atom. The highest BCUT2D eigenvalue weighted by atomic mass is 35.5. The summed E-state index contributed by atoms with van der Waals surface area (Å²) in [6, 6.07) is 3.53. The number of aliphatic hydroxyl groups is 1. The van der Waals surface area contributed by atoms with E-state index in [0.29, 0.717) is 16.8 Å².